The SMILES string of the molecule is COC(=O)C(N)c1ncccc1F. The zero-order chi connectivity index (χ0) is 9.84. The lowest BCUT2D eigenvalue weighted by Crippen LogP contribution is -2.24. The van der Waals surface area contributed by atoms with E-state index in [9.17, 15) is 9.18 Å². The Morgan fingerprint density at radius 2 is 2.46 bits per heavy atom. The van der Waals surface area contributed by atoms with E-state index in [0.29, 0.717) is 0 Å². The summed E-state index contributed by atoms with van der Waals surface area (Å²) in [7, 11) is 1.18. The van der Waals surface area contributed by atoms with Gasteiger partial charge >= 0.3 is 5.97 Å². The lowest BCUT2D eigenvalue weighted by Gasteiger charge is -2.08. The number of nitrogens with two attached hydrogens (primary N) is 1. The highest BCUT2D eigenvalue weighted by Crippen LogP contribution is 2.11. The van der Waals surface area contributed by atoms with E-state index in [4.69, 9.17) is 5.73 Å². The standard InChI is InChI=1S/C8H9FN2O2/c1-13-8(12)6(10)7-5(9)3-2-4-11-7/h2-4,6H,10H2,1H3. The van der Waals surface area contributed by atoms with Crippen molar-refractivity contribution in [1.29, 1.82) is 0 Å². The van der Waals surface area contributed by atoms with Gasteiger partial charge in [-0.3, -0.25) is 4.98 Å². The van der Waals surface area contributed by atoms with E-state index in [-0.39, 0.29) is 5.69 Å². The average molecular weight is 184 g/mol. The van der Waals surface area contributed by atoms with Gasteiger partial charge in [0, 0.05) is 6.20 Å². The summed E-state index contributed by atoms with van der Waals surface area (Å²) in [6.07, 6.45) is 1.36. The summed E-state index contributed by atoms with van der Waals surface area (Å²) in [6.45, 7) is 0. The number of halogens is 1. The van der Waals surface area contributed by atoms with Crippen molar-refractivity contribution >= 4 is 5.97 Å². The highest BCUT2D eigenvalue weighted by Gasteiger charge is 2.20. The van der Waals surface area contributed by atoms with Crippen molar-refractivity contribution in [1.82, 2.24) is 4.98 Å². The van der Waals surface area contributed by atoms with Crippen molar-refractivity contribution < 1.29 is 13.9 Å². The highest BCUT2D eigenvalue weighted by molar-refractivity contribution is 5.76. The zero-order valence-corrected chi connectivity index (χ0v) is 7.03. The maximum Gasteiger partial charge on any atom is 0.329 e. The number of rotatable bonds is 2. The van der Waals surface area contributed by atoms with Crippen LogP contribution in [0.3, 0.4) is 0 Å². The number of methoxy groups -OCH3 is 1. The molecular formula is C8H9FN2O2. The molecule has 0 fully saturated rings. The molecule has 5 heteroatoms. The first-order valence-electron chi connectivity index (χ1n) is 3.60. The Hall–Kier alpha value is -1.49. The lowest BCUT2D eigenvalue weighted by atomic mass is 10.2. The summed E-state index contributed by atoms with van der Waals surface area (Å²) in [5, 5.41) is 0. The van der Waals surface area contributed by atoms with Gasteiger partial charge in [0.25, 0.3) is 0 Å². The number of carbonyl (C=O) groups excluding carboxylic acids is 1. The van der Waals surface area contributed by atoms with Gasteiger partial charge in [0.05, 0.1) is 7.11 Å². The molecule has 1 heterocycles. The summed E-state index contributed by atoms with van der Waals surface area (Å²) in [5.41, 5.74) is 5.27. The number of aromatic nitrogens is 1. The summed E-state index contributed by atoms with van der Waals surface area (Å²) in [5.74, 6) is -1.32. The molecule has 4 nitrogen and oxygen atoms in total. The predicted molar refractivity (Wildman–Crippen MR) is 43.1 cm³/mol. The van der Waals surface area contributed by atoms with Crippen molar-refractivity contribution in [2.75, 3.05) is 7.11 Å². The van der Waals surface area contributed by atoms with E-state index >= 15 is 0 Å². The average Bonchev–Trinajstić information content (AvgIpc) is 2.16. The molecule has 0 radical (unpaired) electrons. The third-order valence-corrected chi connectivity index (χ3v) is 1.54. The third kappa shape index (κ3) is 2.00. The van der Waals surface area contributed by atoms with Gasteiger partial charge in [0.2, 0.25) is 0 Å². The van der Waals surface area contributed by atoms with Crippen LogP contribution < -0.4 is 5.73 Å². The molecule has 1 unspecified atom stereocenters. The van der Waals surface area contributed by atoms with Crippen molar-refractivity contribution in [2.24, 2.45) is 5.73 Å². The van der Waals surface area contributed by atoms with Gasteiger partial charge < -0.3 is 10.5 Å². The molecule has 70 valence electrons. The molecule has 0 amide bonds. The van der Waals surface area contributed by atoms with Gasteiger partial charge in [-0.05, 0) is 12.1 Å². The van der Waals surface area contributed by atoms with Crippen LogP contribution >= 0.6 is 0 Å². The molecule has 0 saturated carbocycles. The number of ether oxygens (including phenoxy) is 1. The molecule has 1 aromatic heterocycles. The van der Waals surface area contributed by atoms with E-state index in [2.05, 4.69) is 9.72 Å². The number of carbonyl (C=O) groups is 1. The van der Waals surface area contributed by atoms with Crippen molar-refractivity contribution in [3.8, 4) is 0 Å². The molecule has 2 N–H and O–H groups in total. The number of nitrogens with zero attached hydrogens (tertiary/aromatic N) is 1. The first kappa shape index (κ1) is 9.60. The Labute approximate surface area is 74.5 Å². The van der Waals surface area contributed by atoms with Gasteiger partial charge in [0.1, 0.15) is 17.6 Å². The van der Waals surface area contributed by atoms with E-state index in [1.165, 1.54) is 25.4 Å². The Bertz CT molecular complexity index is 317. The first-order valence-corrected chi connectivity index (χ1v) is 3.60. The van der Waals surface area contributed by atoms with Crippen LogP contribution in [0.4, 0.5) is 4.39 Å². The minimum atomic E-state index is -1.16. The zero-order valence-electron chi connectivity index (χ0n) is 7.03. The number of hydrogen-bond acceptors (Lipinski definition) is 4. The fourth-order valence-corrected chi connectivity index (χ4v) is 0.865. The lowest BCUT2D eigenvalue weighted by molar-refractivity contribution is -0.142. The molecular weight excluding hydrogens is 175 g/mol. The fraction of sp³-hybridized carbons (Fsp3) is 0.250. The Morgan fingerprint density at radius 3 is 3.00 bits per heavy atom. The van der Waals surface area contributed by atoms with Gasteiger partial charge in [-0.1, -0.05) is 0 Å². The summed E-state index contributed by atoms with van der Waals surface area (Å²) >= 11 is 0. The molecule has 0 aliphatic heterocycles. The summed E-state index contributed by atoms with van der Waals surface area (Å²) < 4.78 is 17.3. The Balaban J connectivity index is 2.95. The molecule has 0 saturated heterocycles. The smallest absolute Gasteiger partial charge is 0.329 e. The molecule has 0 aromatic carbocycles. The fourth-order valence-electron chi connectivity index (χ4n) is 0.865. The van der Waals surface area contributed by atoms with Crippen LogP contribution in [0.2, 0.25) is 0 Å². The van der Waals surface area contributed by atoms with Crippen LogP contribution in [0.1, 0.15) is 11.7 Å². The predicted octanol–water partition coefficient (Wildman–Crippen LogP) is 0.393. The monoisotopic (exact) mass is 184 g/mol. The maximum absolute atomic E-state index is 13.0. The number of esters is 1. The van der Waals surface area contributed by atoms with E-state index in [0.717, 1.165) is 0 Å². The molecule has 0 aliphatic carbocycles. The van der Waals surface area contributed by atoms with Crippen LogP contribution in [0, 0.1) is 5.82 Å². The second kappa shape index (κ2) is 3.95. The second-order valence-corrected chi connectivity index (χ2v) is 2.37. The van der Waals surface area contributed by atoms with Crippen LogP contribution in [-0.4, -0.2) is 18.1 Å². The quantitative estimate of drug-likeness (QED) is 0.675. The third-order valence-electron chi connectivity index (χ3n) is 1.54. The maximum atomic E-state index is 13.0. The van der Waals surface area contributed by atoms with E-state index in [1.807, 2.05) is 0 Å². The van der Waals surface area contributed by atoms with E-state index < -0.39 is 17.8 Å². The van der Waals surface area contributed by atoms with Crippen molar-refractivity contribution in [3.63, 3.8) is 0 Å². The minimum Gasteiger partial charge on any atom is -0.468 e. The normalized spacial score (nSPS) is 12.2. The largest absolute Gasteiger partial charge is 0.468 e. The highest BCUT2D eigenvalue weighted by atomic mass is 19.1. The van der Waals surface area contributed by atoms with Crippen LogP contribution in [0.25, 0.3) is 0 Å². The van der Waals surface area contributed by atoms with Crippen LogP contribution in [0.15, 0.2) is 18.3 Å². The Morgan fingerprint density at radius 1 is 1.77 bits per heavy atom. The second-order valence-electron chi connectivity index (χ2n) is 2.37. The van der Waals surface area contributed by atoms with Crippen molar-refractivity contribution in [2.45, 2.75) is 6.04 Å². The molecule has 1 aromatic rings. The molecule has 0 aliphatic rings. The Kier molecular flexibility index (Phi) is 2.92. The molecule has 13 heavy (non-hydrogen) atoms. The molecule has 0 spiro atoms. The topological polar surface area (TPSA) is 65.2 Å². The first-order chi connectivity index (χ1) is 6.16. The van der Waals surface area contributed by atoms with E-state index in [1.54, 1.807) is 0 Å². The summed E-state index contributed by atoms with van der Waals surface area (Å²) in [6, 6.07) is 1.44. The van der Waals surface area contributed by atoms with Gasteiger partial charge in [-0.2, -0.15) is 0 Å². The van der Waals surface area contributed by atoms with Gasteiger partial charge in [-0.25, -0.2) is 9.18 Å². The minimum absolute atomic E-state index is 0.102. The summed E-state index contributed by atoms with van der Waals surface area (Å²) in [4.78, 5) is 14.6. The van der Waals surface area contributed by atoms with Crippen molar-refractivity contribution in [3.05, 3.63) is 29.8 Å². The number of hydrogen-bond donors (Lipinski definition) is 1. The molecule has 1 atom stereocenters. The van der Waals surface area contributed by atoms with Gasteiger partial charge in [-0.15, -0.1) is 0 Å². The molecule has 1 rings (SSSR count). The number of pyridine rings is 1. The van der Waals surface area contributed by atoms with Gasteiger partial charge in [0.15, 0.2) is 0 Å². The molecule has 0 bridgehead atoms. The van der Waals surface area contributed by atoms with Crippen LogP contribution in [-0.2, 0) is 9.53 Å². The van der Waals surface area contributed by atoms with Crippen LogP contribution in [0.5, 0.6) is 0 Å².